The van der Waals surface area contributed by atoms with Crippen molar-refractivity contribution in [3.63, 3.8) is 0 Å². The Hall–Kier alpha value is -3.14. The fourth-order valence-corrected chi connectivity index (χ4v) is 6.43. The van der Waals surface area contributed by atoms with Gasteiger partial charge in [0, 0.05) is 24.2 Å². The molecule has 4 heterocycles. The van der Waals surface area contributed by atoms with Crippen LogP contribution in [0.1, 0.15) is 101 Å². The number of likely N-dealkylation sites (tertiary alicyclic amines) is 2. The highest BCUT2D eigenvalue weighted by atomic mass is 15.2. The van der Waals surface area contributed by atoms with Crippen molar-refractivity contribution in [1.82, 2.24) is 29.7 Å². The normalized spacial score (nSPS) is 21.7. The number of imidazole rings is 2. The van der Waals surface area contributed by atoms with Crippen molar-refractivity contribution in [3.05, 3.63) is 59.2 Å². The standard InChI is InChI=1S/C34H44N6/c1-5-23(3)21-39-17-7-9-31(39)33-35-27-15-13-25(19-29(27)37-33)11-12-26-14-16-28-30(20-26)38-34(36-28)32-10-8-18-40(32)22-24(4)6-2/h13-16,19-20,23-24,31-32H,5-10,17-18,21-22H2,1-4H3,(H,35,37)(H,36,38)/t23?,24?,31-,32-/m0/s1. The van der Waals surface area contributed by atoms with E-state index >= 15 is 0 Å². The highest BCUT2D eigenvalue weighted by Gasteiger charge is 2.30. The Kier molecular flexibility index (Phi) is 7.96. The van der Waals surface area contributed by atoms with Gasteiger partial charge in [-0.2, -0.15) is 0 Å². The smallest absolute Gasteiger partial charge is 0.124 e. The third kappa shape index (κ3) is 5.68. The zero-order valence-electron chi connectivity index (χ0n) is 24.6. The van der Waals surface area contributed by atoms with Crippen molar-refractivity contribution in [1.29, 1.82) is 0 Å². The predicted molar refractivity (Wildman–Crippen MR) is 164 cm³/mol. The Balaban J connectivity index is 1.19. The molecule has 0 amide bonds. The molecule has 2 aromatic heterocycles. The summed E-state index contributed by atoms with van der Waals surface area (Å²) in [4.78, 5) is 22.5. The van der Waals surface area contributed by atoms with Crippen LogP contribution in [-0.2, 0) is 0 Å². The summed E-state index contributed by atoms with van der Waals surface area (Å²) in [5.41, 5.74) is 6.17. The van der Waals surface area contributed by atoms with Gasteiger partial charge in [0.05, 0.1) is 34.2 Å². The lowest BCUT2D eigenvalue weighted by Gasteiger charge is -2.25. The van der Waals surface area contributed by atoms with Gasteiger partial charge in [-0.25, -0.2) is 9.97 Å². The third-order valence-corrected chi connectivity index (χ3v) is 9.20. The van der Waals surface area contributed by atoms with Crippen molar-refractivity contribution in [2.75, 3.05) is 26.2 Å². The topological polar surface area (TPSA) is 63.8 Å². The maximum absolute atomic E-state index is 5.02. The van der Waals surface area contributed by atoms with Gasteiger partial charge in [0.15, 0.2) is 0 Å². The van der Waals surface area contributed by atoms with Crippen LogP contribution in [0.4, 0.5) is 0 Å². The van der Waals surface area contributed by atoms with Gasteiger partial charge in [-0.3, -0.25) is 9.80 Å². The van der Waals surface area contributed by atoms with Gasteiger partial charge in [-0.05, 0) is 87.0 Å². The molecule has 2 N–H and O–H groups in total. The van der Waals surface area contributed by atoms with E-state index in [9.17, 15) is 0 Å². The Morgan fingerprint density at radius 3 is 1.62 bits per heavy atom. The molecule has 0 spiro atoms. The summed E-state index contributed by atoms with van der Waals surface area (Å²) in [5, 5.41) is 0. The molecule has 2 aliphatic rings. The first kappa shape index (κ1) is 27.1. The first-order valence-electron chi connectivity index (χ1n) is 15.5. The summed E-state index contributed by atoms with van der Waals surface area (Å²) in [6, 6.07) is 13.5. The van der Waals surface area contributed by atoms with Gasteiger partial charge in [-0.15, -0.1) is 0 Å². The molecule has 2 saturated heterocycles. The number of aromatic amines is 2. The summed E-state index contributed by atoms with van der Waals surface area (Å²) in [6.07, 6.45) is 7.28. The number of benzene rings is 2. The zero-order valence-corrected chi connectivity index (χ0v) is 24.6. The summed E-state index contributed by atoms with van der Waals surface area (Å²) in [6.45, 7) is 13.9. The summed E-state index contributed by atoms with van der Waals surface area (Å²) in [7, 11) is 0. The van der Waals surface area contributed by atoms with Crippen LogP contribution in [0.15, 0.2) is 36.4 Å². The largest absolute Gasteiger partial charge is 0.341 e. The highest BCUT2D eigenvalue weighted by Crippen LogP contribution is 2.33. The fourth-order valence-electron chi connectivity index (χ4n) is 6.43. The molecule has 2 unspecified atom stereocenters. The average molecular weight is 537 g/mol. The summed E-state index contributed by atoms with van der Waals surface area (Å²) >= 11 is 0. The second kappa shape index (κ2) is 11.8. The van der Waals surface area contributed by atoms with E-state index in [1.807, 2.05) is 0 Å². The van der Waals surface area contributed by atoms with E-state index in [2.05, 4.69) is 95.7 Å². The lowest BCUT2D eigenvalue weighted by molar-refractivity contribution is 0.214. The second-order valence-electron chi connectivity index (χ2n) is 12.3. The lowest BCUT2D eigenvalue weighted by atomic mass is 10.1. The van der Waals surface area contributed by atoms with Gasteiger partial charge < -0.3 is 9.97 Å². The van der Waals surface area contributed by atoms with Crippen LogP contribution in [-0.4, -0.2) is 55.9 Å². The van der Waals surface area contributed by atoms with Crippen molar-refractivity contribution < 1.29 is 0 Å². The summed E-state index contributed by atoms with van der Waals surface area (Å²) < 4.78 is 0. The number of hydrogen-bond donors (Lipinski definition) is 2. The Labute approximate surface area is 239 Å². The third-order valence-electron chi connectivity index (χ3n) is 9.20. The molecule has 0 saturated carbocycles. The first-order valence-corrected chi connectivity index (χ1v) is 15.5. The van der Waals surface area contributed by atoms with Crippen molar-refractivity contribution >= 4 is 22.1 Å². The lowest BCUT2D eigenvalue weighted by Crippen LogP contribution is -2.28. The zero-order chi connectivity index (χ0) is 27.6. The fraction of sp³-hybridized carbons (Fsp3) is 0.529. The number of rotatable bonds is 8. The second-order valence-corrected chi connectivity index (χ2v) is 12.3. The van der Waals surface area contributed by atoms with Gasteiger partial charge in [0.25, 0.3) is 0 Å². The molecule has 2 aliphatic heterocycles. The number of nitrogens with zero attached hydrogens (tertiary/aromatic N) is 4. The Morgan fingerprint density at radius 1 is 0.750 bits per heavy atom. The van der Waals surface area contributed by atoms with Gasteiger partial charge in [-0.1, -0.05) is 52.4 Å². The van der Waals surface area contributed by atoms with Crippen LogP contribution in [0.2, 0.25) is 0 Å². The van der Waals surface area contributed by atoms with Crippen LogP contribution in [0.5, 0.6) is 0 Å². The van der Waals surface area contributed by atoms with E-state index in [0.717, 1.165) is 57.9 Å². The van der Waals surface area contributed by atoms with E-state index in [4.69, 9.17) is 9.97 Å². The van der Waals surface area contributed by atoms with Crippen LogP contribution < -0.4 is 0 Å². The molecule has 0 aliphatic carbocycles. The number of H-pyrrole nitrogens is 2. The van der Waals surface area contributed by atoms with Gasteiger partial charge in [0.2, 0.25) is 0 Å². The van der Waals surface area contributed by atoms with Gasteiger partial charge in [0.1, 0.15) is 11.6 Å². The van der Waals surface area contributed by atoms with Crippen molar-refractivity contribution in [2.24, 2.45) is 11.8 Å². The molecular weight excluding hydrogens is 492 g/mol. The van der Waals surface area contributed by atoms with Crippen molar-refractivity contribution in [3.8, 4) is 11.8 Å². The molecule has 6 heteroatoms. The maximum atomic E-state index is 5.02. The predicted octanol–water partition coefficient (Wildman–Crippen LogP) is 7.21. The first-order chi connectivity index (χ1) is 19.5. The minimum absolute atomic E-state index is 0.396. The highest BCUT2D eigenvalue weighted by molar-refractivity contribution is 5.78. The molecule has 6 nitrogen and oxygen atoms in total. The number of aromatic nitrogens is 4. The van der Waals surface area contributed by atoms with E-state index in [0.29, 0.717) is 23.9 Å². The Bertz CT molecular complexity index is 1410. The molecule has 40 heavy (non-hydrogen) atoms. The SMILES string of the molecule is CCC(C)CN1CCC[C@H]1c1nc2cc(C#Cc3ccc4[nH]c([C@@H]5CCCN5CC(C)CC)nc4c3)ccc2[nH]1. The molecule has 4 aromatic rings. The molecule has 0 radical (unpaired) electrons. The van der Waals surface area contributed by atoms with E-state index < -0.39 is 0 Å². The van der Waals surface area contributed by atoms with Crippen molar-refractivity contribution in [2.45, 2.75) is 78.3 Å². The van der Waals surface area contributed by atoms with Crippen LogP contribution in [0.3, 0.4) is 0 Å². The number of nitrogens with one attached hydrogen (secondary N) is 2. The van der Waals surface area contributed by atoms with Gasteiger partial charge >= 0.3 is 0 Å². The quantitative estimate of drug-likeness (QED) is 0.234. The molecule has 4 atom stereocenters. The Morgan fingerprint density at radius 2 is 1.20 bits per heavy atom. The minimum atomic E-state index is 0.396. The van der Waals surface area contributed by atoms with Crippen LogP contribution in [0, 0.1) is 23.7 Å². The molecule has 6 rings (SSSR count). The molecule has 210 valence electrons. The number of hydrogen-bond acceptors (Lipinski definition) is 4. The molecular formula is C34H44N6. The van der Waals surface area contributed by atoms with Crippen LogP contribution in [0.25, 0.3) is 22.1 Å². The van der Waals surface area contributed by atoms with E-state index in [1.54, 1.807) is 0 Å². The minimum Gasteiger partial charge on any atom is -0.341 e. The molecule has 0 bridgehead atoms. The average Bonchev–Trinajstić information content (AvgIpc) is 3.76. The van der Waals surface area contributed by atoms with E-state index in [1.165, 1.54) is 51.6 Å². The number of fused-ring (bicyclic) bond motifs is 2. The molecule has 2 aromatic carbocycles. The summed E-state index contributed by atoms with van der Waals surface area (Å²) in [5.74, 6) is 10.4. The van der Waals surface area contributed by atoms with E-state index in [-0.39, 0.29) is 0 Å². The molecule has 2 fully saturated rings. The maximum Gasteiger partial charge on any atom is 0.124 e. The monoisotopic (exact) mass is 536 g/mol. The van der Waals surface area contributed by atoms with Crippen LogP contribution >= 0.6 is 0 Å².